The van der Waals surface area contributed by atoms with E-state index in [1.165, 1.54) is 17.2 Å². The SMILES string of the molecule is O=C(C[C@]1(O)C(=O)N(Cc2ccccc2)c2ccccc21)c1ccco1. The summed E-state index contributed by atoms with van der Waals surface area (Å²) >= 11 is 0. The van der Waals surface area contributed by atoms with Gasteiger partial charge in [0.25, 0.3) is 5.91 Å². The van der Waals surface area contributed by atoms with Gasteiger partial charge >= 0.3 is 0 Å². The number of rotatable bonds is 5. The number of para-hydroxylation sites is 1. The highest BCUT2D eigenvalue weighted by atomic mass is 16.3. The molecule has 2 aromatic carbocycles. The van der Waals surface area contributed by atoms with Crippen molar-refractivity contribution in [2.75, 3.05) is 4.90 Å². The van der Waals surface area contributed by atoms with E-state index in [0.29, 0.717) is 17.8 Å². The van der Waals surface area contributed by atoms with E-state index in [9.17, 15) is 14.7 Å². The van der Waals surface area contributed by atoms with Gasteiger partial charge in [-0.1, -0.05) is 48.5 Å². The summed E-state index contributed by atoms with van der Waals surface area (Å²) in [7, 11) is 0. The number of furan rings is 1. The number of hydrogen-bond acceptors (Lipinski definition) is 4. The maximum atomic E-state index is 13.1. The van der Waals surface area contributed by atoms with E-state index in [0.717, 1.165) is 5.56 Å². The molecule has 2 heterocycles. The van der Waals surface area contributed by atoms with Crippen LogP contribution in [-0.4, -0.2) is 16.8 Å². The molecule has 4 rings (SSSR count). The molecule has 0 aliphatic carbocycles. The van der Waals surface area contributed by atoms with Crippen LogP contribution < -0.4 is 4.90 Å². The zero-order valence-electron chi connectivity index (χ0n) is 14.0. The number of anilines is 1. The van der Waals surface area contributed by atoms with Gasteiger partial charge < -0.3 is 14.4 Å². The van der Waals surface area contributed by atoms with Crippen molar-refractivity contribution in [3.05, 3.63) is 89.9 Å². The molecule has 5 nitrogen and oxygen atoms in total. The second-order valence-corrected chi connectivity index (χ2v) is 6.33. The predicted molar refractivity (Wildman–Crippen MR) is 95.6 cm³/mol. The smallest absolute Gasteiger partial charge is 0.264 e. The number of aliphatic hydroxyl groups is 1. The molecule has 0 unspecified atom stereocenters. The molecule has 0 saturated heterocycles. The summed E-state index contributed by atoms with van der Waals surface area (Å²) in [5, 5.41) is 11.2. The van der Waals surface area contributed by atoms with Crippen molar-refractivity contribution in [2.24, 2.45) is 0 Å². The third-order valence-electron chi connectivity index (χ3n) is 4.64. The maximum Gasteiger partial charge on any atom is 0.264 e. The molecule has 0 bridgehead atoms. The molecule has 5 heteroatoms. The molecule has 1 atom stereocenters. The van der Waals surface area contributed by atoms with Crippen molar-refractivity contribution in [3.63, 3.8) is 0 Å². The van der Waals surface area contributed by atoms with Crippen molar-refractivity contribution in [2.45, 2.75) is 18.6 Å². The minimum Gasteiger partial charge on any atom is -0.461 e. The Hall–Kier alpha value is -3.18. The molecule has 1 amide bonds. The van der Waals surface area contributed by atoms with Crippen LogP contribution in [0.2, 0.25) is 0 Å². The van der Waals surface area contributed by atoms with Crippen molar-refractivity contribution in [1.82, 2.24) is 0 Å². The summed E-state index contributed by atoms with van der Waals surface area (Å²) in [6.07, 6.45) is 1.03. The maximum absolute atomic E-state index is 13.1. The summed E-state index contributed by atoms with van der Waals surface area (Å²) in [6, 6.07) is 19.7. The van der Waals surface area contributed by atoms with Crippen molar-refractivity contribution < 1.29 is 19.1 Å². The molecule has 1 N–H and O–H groups in total. The van der Waals surface area contributed by atoms with Crippen molar-refractivity contribution in [1.29, 1.82) is 0 Å². The highest BCUT2D eigenvalue weighted by Gasteiger charge is 2.51. The average Bonchev–Trinajstić information content (AvgIpc) is 3.26. The lowest BCUT2D eigenvalue weighted by Gasteiger charge is -2.22. The molecule has 0 spiro atoms. The largest absolute Gasteiger partial charge is 0.461 e. The van der Waals surface area contributed by atoms with Gasteiger partial charge in [-0.2, -0.15) is 0 Å². The Balaban J connectivity index is 1.70. The minimum absolute atomic E-state index is 0.130. The van der Waals surface area contributed by atoms with E-state index in [4.69, 9.17) is 4.42 Å². The third kappa shape index (κ3) is 2.62. The Morgan fingerprint density at radius 2 is 1.73 bits per heavy atom. The quantitative estimate of drug-likeness (QED) is 0.719. The first-order valence-corrected chi connectivity index (χ1v) is 8.34. The van der Waals surface area contributed by atoms with Gasteiger partial charge in [-0.25, -0.2) is 0 Å². The van der Waals surface area contributed by atoms with Gasteiger partial charge in [0.2, 0.25) is 5.78 Å². The summed E-state index contributed by atoms with van der Waals surface area (Å²) in [5.74, 6) is -0.783. The van der Waals surface area contributed by atoms with E-state index in [1.807, 2.05) is 36.4 Å². The number of carbonyl (C=O) groups excluding carboxylic acids is 2. The highest BCUT2D eigenvalue weighted by Crippen LogP contribution is 2.43. The monoisotopic (exact) mass is 347 g/mol. The fourth-order valence-corrected chi connectivity index (χ4v) is 3.36. The number of hydrogen-bond donors (Lipinski definition) is 1. The number of benzene rings is 2. The summed E-state index contributed by atoms with van der Waals surface area (Å²) < 4.78 is 5.11. The zero-order valence-corrected chi connectivity index (χ0v) is 14.0. The van der Waals surface area contributed by atoms with Crippen LogP contribution >= 0.6 is 0 Å². The topological polar surface area (TPSA) is 70.8 Å². The number of fused-ring (bicyclic) bond motifs is 1. The Labute approximate surface area is 150 Å². The van der Waals surface area contributed by atoms with Gasteiger partial charge in [-0.15, -0.1) is 0 Å². The highest BCUT2D eigenvalue weighted by molar-refractivity contribution is 6.10. The molecule has 0 saturated carbocycles. The molecule has 26 heavy (non-hydrogen) atoms. The lowest BCUT2D eigenvalue weighted by atomic mass is 9.89. The van der Waals surface area contributed by atoms with E-state index >= 15 is 0 Å². The van der Waals surface area contributed by atoms with Crippen molar-refractivity contribution >= 4 is 17.4 Å². The summed E-state index contributed by atoms with van der Waals surface area (Å²) in [4.78, 5) is 27.1. The summed E-state index contributed by atoms with van der Waals surface area (Å²) in [5.41, 5.74) is 0.115. The number of carbonyl (C=O) groups is 2. The Kier molecular flexibility index (Phi) is 3.93. The van der Waals surface area contributed by atoms with Gasteiger partial charge in [-0.05, 0) is 23.8 Å². The molecule has 3 aromatic rings. The molecule has 1 aliphatic rings. The van der Waals surface area contributed by atoms with Gasteiger partial charge in [0, 0.05) is 5.56 Å². The van der Waals surface area contributed by atoms with Crippen LogP contribution in [0.15, 0.2) is 77.4 Å². The minimum atomic E-state index is -1.89. The van der Waals surface area contributed by atoms with E-state index < -0.39 is 17.3 Å². The first-order valence-electron chi connectivity index (χ1n) is 8.34. The predicted octanol–water partition coefficient (Wildman–Crippen LogP) is 3.29. The zero-order chi connectivity index (χ0) is 18.1. The van der Waals surface area contributed by atoms with E-state index in [1.54, 1.807) is 24.3 Å². The number of Topliss-reactive ketones (excluding diaryl/α,β-unsaturated/α-hetero) is 1. The molecule has 1 aliphatic heterocycles. The second-order valence-electron chi connectivity index (χ2n) is 6.33. The number of ketones is 1. The lowest BCUT2D eigenvalue weighted by Crippen LogP contribution is -2.41. The number of amides is 1. The summed E-state index contributed by atoms with van der Waals surface area (Å²) in [6.45, 7) is 0.327. The van der Waals surface area contributed by atoms with E-state index in [2.05, 4.69) is 0 Å². The third-order valence-corrected chi connectivity index (χ3v) is 4.64. The molecule has 0 fully saturated rings. The number of nitrogens with zero attached hydrogens (tertiary/aromatic N) is 1. The van der Waals surface area contributed by atoms with Gasteiger partial charge in [-0.3, -0.25) is 9.59 Å². The lowest BCUT2D eigenvalue weighted by molar-refractivity contribution is -0.136. The van der Waals surface area contributed by atoms with Crippen molar-refractivity contribution in [3.8, 4) is 0 Å². The Morgan fingerprint density at radius 1 is 1.00 bits per heavy atom. The molecule has 0 radical (unpaired) electrons. The van der Waals surface area contributed by atoms with Crippen LogP contribution in [0.3, 0.4) is 0 Å². The average molecular weight is 347 g/mol. The first kappa shape index (κ1) is 16.3. The fourth-order valence-electron chi connectivity index (χ4n) is 3.36. The standard InChI is InChI=1S/C21H17NO4/c23-18(19-11-6-12-26-19)13-21(25)16-9-4-5-10-17(16)22(20(21)24)14-15-7-2-1-3-8-15/h1-12,25H,13-14H2/t21-/m1/s1. The van der Waals surface area contributed by atoms with Gasteiger partial charge in [0.15, 0.2) is 11.4 Å². The molecule has 1 aromatic heterocycles. The first-order chi connectivity index (χ1) is 12.6. The van der Waals surface area contributed by atoms with Crippen LogP contribution in [0.4, 0.5) is 5.69 Å². The normalized spacial score (nSPS) is 18.8. The Morgan fingerprint density at radius 3 is 2.46 bits per heavy atom. The molecular formula is C21H17NO4. The van der Waals surface area contributed by atoms with Crippen LogP contribution in [0, 0.1) is 0 Å². The second kappa shape index (κ2) is 6.28. The van der Waals surface area contributed by atoms with Gasteiger partial charge in [0.05, 0.1) is 24.9 Å². The van der Waals surface area contributed by atoms with Crippen LogP contribution in [0.5, 0.6) is 0 Å². The van der Waals surface area contributed by atoms with Crippen LogP contribution in [0.25, 0.3) is 0 Å². The molecular weight excluding hydrogens is 330 g/mol. The molecule has 130 valence electrons. The van der Waals surface area contributed by atoms with Crippen LogP contribution in [0.1, 0.15) is 28.1 Å². The fraction of sp³-hybridized carbons (Fsp3) is 0.143. The van der Waals surface area contributed by atoms with Gasteiger partial charge in [0.1, 0.15) is 0 Å². The van der Waals surface area contributed by atoms with Crippen LogP contribution in [-0.2, 0) is 16.9 Å². The van der Waals surface area contributed by atoms with E-state index in [-0.39, 0.29) is 12.2 Å². The Bertz CT molecular complexity index is 949.